The fraction of sp³-hybridized carbons (Fsp3) is 0.316. The number of methoxy groups -OCH3 is 1. The van der Waals surface area contributed by atoms with Gasteiger partial charge in [-0.1, -0.05) is 29.7 Å². The number of hydrogen-bond acceptors (Lipinski definition) is 4. The summed E-state index contributed by atoms with van der Waals surface area (Å²) in [4.78, 5) is 12.9. The van der Waals surface area contributed by atoms with Crippen LogP contribution in [0.5, 0.6) is 0 Å². The van der Waals surface area contributed by atoms with Gasteiger partial charge in [0.2, 0.25) is 0 Å². The van der Waals surface area contributed by atoms with E-state index in [1.54, 1.807) is 6.92 Å². The molecule has 0 bridgehead atoms. The monoisotopic (exact) mass is 324 g/mol. The van der Waals surface area contributed by atoms with Crippen LogP contribution in [0.2, 0.25) is 0 Å². The van der Waals surface area contributed by atoms with E-state index in [4.69, 9.17) is 11.2 Å². The first-order valence-electron chi connectivity index (χ1n) is 6.75. The van der Waals surface area contributed by atoms with Gasteiger partial charge in [-0.2, -0.15) is 0 Å². The Morgan fingerprint density at radius 2 is 2.17 bits per heavy atom. The minimum atomic E-state index is -1.14. The number of esters is 1. The SMILES string of the molecule is C#CC(O)C#CCC(C)(CC#CC#Cc1cccs1)C(=O)OC. The number of thiophene rings is 1. The lowest BCUT2D eigenvalue weighted by Gasteiger charge is -2.21. The van der Waals surface area contributed by atoms with Crippen LogP contribution in [-0.4, -0.2) is 24.3 Å². The number of carbonyl (C=O) groups is 1. The Bertz CT molecular complexity index is 751. The van der Waals surface area contributed by atoms with Crippen molar-refractivity contribution in [2.24, 2.45) is 5.41 Å². The Morgan fingerprint density at radius 1 is 1.43 bits per heavy atom. The first kappa shape index (κ1) is 18.4. The molecule has 3 nitrogen and oxygen atoms in total. The third-order valence-electron chi connectivity index (χ3n) is 2.89. The van der Waals surface area contributed by atoms with Gasteiger partial charge in [0.05, 0.1) is 17.4 Å². The number of terminal acetylenes is 1. The summed E-state index contributed by atoms with van der Waals surface area (Å²) >= 11 is 1.54. The van der Waals surface area contributed by atoms with Crippen LogP contribution in [0.3, 0.4) is 0 Å². The van der Waals surface area contributed by atoms with Crippen LogP contribution in [0.4, 0.5) is 0 Å². The molecular formula is C19H16O3S. The Kier molecular flexibility index (Phi) is 7.53. The molecule has 0 aliphatic carbocycles. The van der Waals surface area contributed by atoms with Crippen LogP contribution in [0.1, 0.15) is 24.6 Å². The topological polar surface area (TPSA) is 46.5 Å². The average Bonchev–Trinajstić information content (AvgIpc) is 3.06. The molecule has 0 aliphatic heterocycles. The fourth-order valence-corrected chi connectivity index (χ4v) is 2.13. The highest BCUT2D eigenvalue weighted by molar-refractivity contribution is 7.10. The van der Waals surface area contributed by atoms with Gasteiger partial charge in [-0.25, -0.2) is 0 Å². The van der Waals surface area contributed by atoms with Gasteiger partial charge in [0.15, 0.2) is 6.10 Å². The standard InChI is InChI=1S/C19H16O3S/c1-4-16(20)10-8-14-19(2,18(21)22-3)13-7-5-6-11-17-12-9-15-23-17/h1,9,12,15-16,20H,13-14H2,2-3H3. The van der Waals surface area contributed by atoms with E-state index in [0.29, 0.717) is 0 Å². The molecule has 116 valence electrons. The zero-order valence-corrected chi connectivity index (χ0v) is 13.8. The predicted molar refractivity (Wildman–Crippen MR) is 90.9 cm³/mol. The fourth-order valence-electron chi connectivity index (χ4n) is 1.56. The van der Waals surface area contributed by atoms with E-state index in [-0.39, 0.29) is 12.8 Å². The minimum Gasteiger partial charge on any atom is -0.469 e. The van der Waals surface area contributed by atoms with Crippen molar-refractivity contribution in [3.8, 4) is 47.9 Å². The molecule has 1 N–H and O–H groups in total. The molecule has 0 spiro atoms. The molecule has 0 aromatic carbocycles. The molecule has 0 saturated carbocycles. The molecular weight excluding hydrogens is 308 g/mol. The van der Waals surface area contributed by atoms with Gasteiger partial charge in [0.1, 0.15) is 0 Å². The Labute approximate surface area is 141 Å². The zero-order chi connectivity index (χ0) is 17.1. The summed E-state index contributed by atoms with van der Waals surface area (Å²) in [7, 11) is 1.31. The third-order valence-corrected chi connectivity index (χ3v) is 3.68. The van der Waals surface area contributed by atoms with Crippen molar-refractivity contribution in [1.29, 1.82) is 0 Å². The molecule has 2 atom stereocenters. The van der Waals surface area contributed by atoms with Crippen molar-refractivity contribution in [1.82, 2.24) is 0 Å². The molecule has 2 unspecified atom stereocenters. The molecule has 0 aliphatic rings. The molecule has 0 fully saturated rings. The second-order valence-corrected chi connectivity index (χ2v) is 5.77. The summed E-state index contributed by atoms with van der Waals surface area (Å²) in [6.45, 7) is 1.71. The van der Waals surface area contributed by atoms with Crippen molar-refractivity contribution in [3.63, 3.8) is 0 Å². The first-order chi connectivity index (χ1) is 11.0. The van der Waals surface area contributed by atoms with Gasteiger partial charge < -0.3 is 9.84 Å². The van der Waals surface area contributed by atoms with Crippen LogP contribution in [0, 0.1) is 53.3 Å². The molecule has 1 aromatic heterocycles. The number of ether oxygens (including phenoxy) is 1. The van der Waals surface area contributed by atoms with E-state index in [1.165, 1.54) is 18.4 Å². The summed E-state index contributed by atoms with van der Waals surface area (Å²) in [5.74, 6) is 18.1. The smallest absolute Gasteiger partial charge is 0.313 e. The summed E-state index contributed by atoms with van der Waals surface area (Å²) < 4.78 is 4.80. The van der Waals surface area contributed by atoms with E-state index in [2.05, 4.69) is 41.4 Å². The van der Waals surface area contributed by atoms with Crippen LogP contribution >= 0.6 is 11.3 Å². The van der Waals surface area contributed by atoms with Gasteiger partial charge in [-0.05, 0) is 36.1 Å². The molecule has 1 aromatic rings. The number of carbonyl (C=O) groups excluding carboxylic acids is 1. The maximum atomic E-state index is 11.9. The average molecular weight is 324 g/mol. The van der Waals surface area contributed by atoms with Crippen LogP contribution in [0.25, 0.3) is 0 Å². The Hall–Kier alpha value is -2.63. The molecule has 0 radical (unpaired) electrons. The lowest BCUT2D eigenvalue weighted by molar-refractivity contribution is -0.151. The second-order valence-electron chi connectivity index (χ2n) is 4.83. The van der Waals surface area contributed by atoms with E-state index < -0.39 is 17.5 Å². The van der Waals surface area contributed by atoms with Crippen molar-refractivity contribution in [2.75, 3.05) is 7.11 Å². The van der Waals surface area contributed by atoms with Crippen molar-refractivity contribution >= 4 is 17.3 Å². The maximum absolute atomic E-state index is 11.9. The third kappa shape index (κ3) is 6.34. The van der Waals surface area contributed by atoms with Crippen molar-refractivity contribution in [3.05, 3.63) is 22.4 Å². The molecule has 0 amide bonds. The van der Waals surface area contributed by atoms with Crippen molar-refractivity contribution < 1.29 is 14.6 Å². The number of hydrogen-bond donors (Lipinski definition) is 1. The Morgan fingerprint density at radius 3 is 2.78 bits per heavy atom. The highest BCUT2D eigenvalue weighted by Crippen LogP contribution is 2.26. The lowest BCUT2D eigenvalue weighted by Crippen LogP contribution is -2.28. The van der Waals surface area contributed by atoms with Crippen molar-refractivity contribution in [2.45, 2.75) is 25.9 Å². The summed E-state index contributed by atoms with van der Waals surface area (Å²) in [6.07, 6.45) is 4.33. The van der Waals surface area contributed by atoms with Gasteiger partial charge in [0, 0.05) is 12.8 Å². The number of aliphatic hydroxyl groups excluding tert-OH is 1. The molecule has 1 heterocycles. The summed E-state index contributed by atoms with van der Waals surface area (Å²) in [5.41, 5.74) is -0.895. The van der Waals surface area contributed by atoms with Crippen LogP contribution in [0.15, 0.2) is 17.5 Å². The highest BCUT2D eigenvalue weighted by Gasteiger charge is 2.32. The van der Waals surface area contributed by atoms with Gasteiger partial charge in [-0.3, -0.25) is 4.79 Å². The normalized spacial score (nSPS) is 12.6. The summed E-state index contributed by atoms with van der Waals surface area (Å²) in [5, 5.41) is 11.2. The predicted octanol–water partition coefficient (Wildman–Crippen LogP) is 2.06. The minimum absolute atomic E-state index is 0.186. The Balaban J connectivity index is 2.76. The van der Waals surface area contributed by atoms with Crippen LogP contribution < -0.4 is 0 Å². The molecule has 1 rings (SSSR count). The lowest BCUT2D eigenvalue weighted by atomic mass is 9.83. The molecule has 4 heteroatoms. The maximum Gasteiger partial charge on any atom is 0.313 e. The number of rotatable bonds is 3. The van der Waals surface area contributed by atoms with E-state index in [9.17, 15) is 9.90 Å². The van der Waals surface area contributed by atoms with E-state index in [0.717, 1.165) is 4.88 Å². The zero-order valence-electron chi connectivity index (χ0n) is 13.0. The molecule has 0 saturated heterocycles. The largest absolute Gasteiger partial charge is 0.469 e. The number of aliphatic hydroxyl groups is 1. The molecule has 23 heavy (non-hydrogen) atoms. The second kappa shape index (κ2) is 9.40. The van der Waals surface area contributed by atoms with E-state index >= 15 is 0 Å². The van der Waals surface area contributed by atoms with E-state index in [1.807, 2.05) is 17.5 Å². The summed E-state index contributed by atoms with van der Waals surface area (Å²) in [6, 6.07) is 3.82. The first-order valence-corrected chi connectivity index (χ1v) is 7.63. The highest BCUT2D eigenvalue weighted by atomic mass is 32.1. The van der Waals surface area contributed by atoms with Gasteiger partial charge in [0.25, 0.3) is 0 Å². The van der Waals surface area contributed by atoms with Crippen LogP contribution in [-0.2, 0) is 9.53 Å². The van der Waals surface area contributed by atoms with Gasteiger partial charge in [-0.15, -0.1) is 17.8 Å². The van der Waals surface area contributed by atoms with Gasteiger partial charge >= 0.3 is 5.97 Å². The quantitative estimate of drug-likeness (QED) is 0.684.